The highest BCUT2D eigenvalue weighted by atomic mass is 16.6. The normalized spacial score (nSPS) is 11.1. The van der Waals surface area contributed by atoms with Gasteiger partial charge >= 0.3 is 11.9 Å². The molecule has 0 aliphatic carbocycles. The van der Waals surface area contributed by atoms with Gasteiger partial charge in [0.1, 0.15) is 0 Å². The van der Waals surface area contributed by atoms with E-state index >= 15 is 0 Å². The lowest BCUT2D eigenvalue weighted by Crippen LogP contribution is -2.28. The lowest BCUT2D eigenvalue weighted by molar-refractivity contribution is -0.162. The summed E-state index contributed by atoms with van der Waals surface area (Å²) in [5.74, 6) is -1.50. The zero-order valence-corrected chi connectivity index (χ0v) is 21.8. The number of hydrogen-bond acceptors (Lipinski definition) is 4. The van der Waals surface area contributed by atoms with Crippen molar-refractivity contribution in [3.05, 3.63) is 0 Å². The highest BCUT2D eigenvalue weighted by molar-refractivity contribution is 5.94. The highest BCUT2D eigenvalue weighted by Gasteiger charge is 2.29. The van der Waals surface area contributed by atoms with E-state index in [9.17, 15) is 9.59 Å². The summed E-state index contributed by atoms with van der Waals surface area (Å²) in [6.45, 7) is 7.47. The average Bonchev–Trinajstić information content (AvgIpc) is 2.79. The summed E-state index contributed by atoms with van der Waals surface area (Å²) in [7, 11) is 0. The van der Waals surface area contributed by atoms with Crippen molar-refractivity contribution < 1.29 is 19.1 Å². The predicted octanol–water partition coefficient (Wildman–Crippen LogP) is 8.55. The summed E-state index contributed by atoms with van der Waals surface area (Å²) in [5.41, 5.74) is 0. The lowest BCUT2D eigenvalue weighted by atomic mass is 10.00. The number of carbonyl (C=O) groups excluding carboxylic acids is 2. The van der Waals surface area contributed by atoms with Crippen molar-refractivity contribution in [3.8, 4) is 0 Å². The maximum atomic E-state index is 12.6. The van der Waals surface area contributed by atoms with Gasteiger partial charge in [0.15, 0.2) is 5.92 Å². The van der Waals surface area contributed by atoms with Gasteiger partial charge in [-0.15, -0.1) is 0 Å². The fraction of sp³-hybridized carbons (Fsp3) is 0.929. The predicted molar refractivity (Wildman–Crippen MR) is 135 cm³/mol. The second kappa shape index (κ2) is 24.6. The van der Waals surface area contributed by atoms with Crippen LogP contribution in [0.15, 0.2) is 0 Å². The van der Waals surface area contributed by atoms with Crippen molar-refractivity contribution in [2.75, 3.05) is 13.2 Å². The van der Waals surface area contributed by atoms with Crippen LogP contribution in [-0.2, 0) is 19.1 Å². The molecule has 0 aliphatic rings. The molecular weight excluding hydrogens is 400 g/mol. The number of hydrogen-bond donors (Lipinski definition) is 0. The Morgan fingerprint density at radius 2 is 0.781 bits per heavy atom. The Kier molecular flexibility index (Phi) is 23.8. The Morgan fingerprint density at radius 3 is 1.16 bits per heavy atom. The number of unbranched alkanes of at least 4 members (excludes halogenated alkanes) is 16. The maximum absolute atomic E-state index is 12.6. The molecule has 0 saturated carbocycles. The van der Waals surface area contributed by atoms with Gasteiger partial charge in [0.2, 0.25) is 0 Å². The quantitative estimate of drug-likeness (QED) is 0.0832. The van der Waals surface area contributed by atoms with Crippen molar-refractivity contribution in [3.63, 3.8) is 0 Å². The number of carbonyl (C=O) groups is 2. The molecule has 0 spiro atoms. The molecular formula is C28H54O4. The SMILES string of the molecule is CCCCCCCCCC(C(=O)OCCCCCCCC)C(=O)OCCCCCCCC. The molecule has 4 nitrogen and oxygen atoms in total. The van der Waals surface area contributed by atoms with Gasteiger partial charge in [-0.2, -0.15) is 0 Å². The van der Waals surface area contributed by atoms with Crippen molar-refractivity contribution in [1.82, 2.24) is 0 Å². The maximum Gasteiger partial charge on any atom is 0.320 e. The van der Waals surface area contributed by atoms with E-state index in [1.54, 1.807) is 0 Å². The standard InChI is InChI=1S/C28H54O4/c1-4-7-10-13-16-17-20-23-26(27(29)31-24-21-18-14-11-8-5-2)28(30)32-25-22-19-15-12-9-6-3/h26H,4-25H2,1-3H3. The van der Waals surface area contributed by atoms with Crippen molar-refractivity contribution in [1.29, 1.82) is 0 Å². The fourth-order valence-corrected chi connectivity index (χ4v) is 3.95. The van der Waals surface area contributed by atoms with Gasteiger partial charge in [0.25, 0.3) is 0 Å². The zero-order valence-electron chi connectivity index (χ0n) is 21.8. The molecule has 0 aliphatic heterocycles. The van der Waals surface area contributed by atoms with Crippen molar-refractivity contribution in [2.24, 2.45) is 5.92 Å². The number of ether oxygens (including phenoxy) is 2. The molecule has 0 aromatic rings. The van der Waals surface area contributed by atoms with Crippen LogP contribution in [-0.4, -0.2) is 25.2 Å². The van der Waals surface area contributed by atoms with Gasteiger partial charge in [-0.1, -0.05) is 130 Å². The Morgan fingerprint density at radius 1 is 0.469 bits per heavy atom. The second-order valence-corrected chi connectivity index (χ2v) is 9.33. The third kappa shape index (κ3) is 19.6. The topological polar surface area (TPSA) is 52.6 Å². The smallest absolute Gasteiger partial charge is 0.320 e. The van der Waals surface area contributed by atoms with Crippen LogP contribution in [0.2, 0.25) is 0 Å². The minimum absolute atomic E-state index is 0.377. The van der Waals surface area contributed by atoms with E-state index in [2.05, 4.69) is 20.8 Å². The minimum Gasteiger partial charge on any atom is -0.465 e. The Bertz CT molecular complexity index is 392. The van der Waals surface area contributed by atoms with Crippen LogP contribution in [0.4, 0.5) is 0 Å². The van der Waals surface area contributed by atoms with Crippen LogP contribution in [0.5, 0.6) is 0 Å². The molecule has 0 saturated heterocycles. The van der Waals surface area contributed by atoms with Crippen LogP contribution in [0, 0.1) is 5.92 Å². The average molecular weight is 455 g/mol. The van der Waals surface area contributed by atoms with Crippen LogP contribution >= 0.6 is 0 Å². The van der Waals surface area contributed by atoms with Crippen LogP contribution in [0.3, 0.4) is 0 Å². The van der Waals surface area contributed by atoms with Gasteiger partial charge in [0, 0.05) is 0 Å². The monoisotopic (exact) mass is 454 g/mol. The molecule has 0 N–H and O–H groups in total. The van der Waals surface area contributed by atoms with Gasteiger partial charge < -0.3 is 9.47 Å². The Labute approximate surface area is 199 Å². The van der Waals surface area contributed by atoms with Gasteiger partial charge in [0.05, 0.1) is 13.2 Å². The molecule has 0 aromatic heterocycles. The third-order valence-electron chi connectivity index (χ3n) is 6.15. The first-order valence-corrected chi connectivity index (χ1v) is 14.0. The molecule has 0 fully saturated rings. The van der Waals surface area contributed by atoms with Crippen LogP contribution in [0.25, 0.3) is 0 Å². The van der Waals surface area contributed by atoms with E-state index in [-0.39, 0.29) is 11.9 Å². The van der Waals surface area contributed by atoms with Crippen LogP contribution < -0.4 is 0 Å². The summed E-state index contributed by atoms with van der Waals surface area (Å²) >= 11 is 0. The first kappa shape index (κ1) is 30.9. The summed E-state index contributed by atoms with van der Waals surface area (Å²) in [6.07, 6.45) is 22.5. The largest absolute Gasteiger partial charge is 0.465 e. The lowest BCUT2D eigenvalue weighted by Gasteiger charge is -2.15. The van der Waals surface area contributed by atoms with E-state index in [1.165, 1.54) is 83.5 Å². The molecule has 32 heavy (non-hydrogen) atoms. The van der Waals surface area contributed by atoms with E-state index < -0.39 is 5.92 Å². The third-order valence-corrected chi connectivity index (χ3v) is 6.15. The first-order chi connectivity index (χ1) is 15.7. The summed E-state index contributed by atoms with van der Waals surface area (Å²) < 4.78 is 10.9. The summed E-state index contributed by atoms with van der Waals surface area (Å²) in [6, 6.07) is 0. The van der Waals surface area contributed by atoms with E-state index in [0.29, 0.717) is 19.6 Å². The fourth-order valence-electron chi connectivity index (χ4n) is 3.95. The van der Waals surface area contributed by atoms with Crippen molar-refractivity contribution >= 4 is 11.9 Å². The first-order valence-electron chi connectivity index (χ1n) is 14.0. The molecule has 0 amide bonds. The van der Waals surface area contributed by atoms with Gasteiger partial charge in [-0.05, 0) is 19.3 Å². The molecule has 0 radical (unpaired) electrons. The molecule has 0 heterocycles. The molecule has 190 valence electrons. The summed E-state index contributed by atoms with van der Waals surface area (Å²) in [4.78, 5) is 25.2. The van der Waals surface area contributed by atoms with Gasteiger partial charge in [-0.3, -0.25) is 9.59 Å². The zero-order chi connectivity index (χ0) is 23.7. The molecule has 0 atom stereocenters. The van der Waals surface area contributed by atoms with E-state index in [0.717, 1.165) is 38.5 Å². The van der Waals surface area contributed by atoms with Gasteiger partial charge in [-0.25, -0.2) is 0 Å². The van der Waals surface area contributed by atoms with E-state index in [4.69, 9.17) is 9.47 Å². The molecule has 0 aromatic carbocycles. The minimum atomic E-state index is -0.745. The van der Waals surface area contributed by atoms with E-state index in [1.807, 2.05) is 0 Å². The molecule has 0 unspecified atom stereocenters. The molecule has 4 heteroatoms. The molecule has 0 rings (SSSR count). The number of esters is 2. The second-order valence-electron chi connectivity index (χ2n) is 9.33. The molecule has 0 bridgehead atoms. The Balaban J connectivity index is 4.26. The number of rotatable bonds is 24. The van der Waals surface area contributed by atoms with Crippen LogP contribution in [0.1, 0.15) is 149 Å². The van der Waals surface area contributed by atoms with Crippen molar-refractivity contribution in [2.45, 2.75) is 149 Å². The highest BCUT2D eigenvalue weighted by Crippen LogP contribution is 2.17. The summed E-state index contributed by atoms with van der Waals surface area (Å²) in [5, 5.41) is 0. The Hall–Kier alpha value is -1.06.